The summed E-state index contributed by atoms with van der Waals surface area (Å²) in [6.45, 7) is 1.81. The molecule has 1 aromatic carbocycles. The number of Topliss-reactive ketones (excluding diaryl/α,β-unsaturated/α-hetero) is 1. The van der Waals surface area contributed by atoms with E-state index in [2.05, 4.69) is 20.9 Å². The Labute approximate surface area is 101 Å². The second-order valence-corrected chi connectivity index (χ2v) is 5.18. The molecule has 15 heavy (non-hydrogen) atoms. The normalized spacial score (nSPS) is 13.0. The number of carbonyl (C=O) groups excluding carboxylic acids is 1. The van der Waals surface area contributed by atoms with Crippen molar-refractivity contribution in [1.82, 2.24) is 4.98 Å². The van der Waals surface area contributed by atoms with Crippen LogP contribution in [0.25, 0.3) is 10.9 Å². The van der Waals surface area contributed by atoms with Gasteiger partial charge in [-0.25, -0.2) is 0 Å². The van der Waals surface area contributed by atoms with Crippen LogP contribution in [0.1, 0.15) is 17.3 Å². The van der Waals surface area contributed by atoms with Gasteiger partial charge in [-0.2, -0.15) is 0 Å². The third-order valence-corrected chi connectivity index (χ3v) is 2.92. The Hall–Kier alpha value is -0.800. The van der Waals surface area contributed by atoms with E-state index >= 15 is 0 Å². The minimum atomic E-state index is -0.185. The van der Waals surface area contributed by atoms with Crippen molar-refractivity contribution < 1.29 is 4.79 Å². The molecular formula is C11H9BrClNO. The third-order valence-electron chi connectivity index (χ3n) is 2.27. The summed E-state index contributed by atoms with van der Waals surface area (Å²) in [7, 11) is 0. The van der Waals surface area contributed by atoms with Crippen LogP contribution in [-0.2, 0) is 0 Å². The topological polar surface area (TPSA) is 32.9 Å². The number of fused-ring (bicyclic) bond motifs is 1. The van der Waals surface area contributed by atoms with Crippen molar-refractivity contribution in [1.29, 1.82) is 0 Å². The Morgan fingerprint density at radius 1 is 1.53 bits per heavy atom. The minimum absolute atomic E-state index is 0.0588. The number of aromatic amines is 1. The quantitative estimate of drug-likeness (QED) is 0.661. The van der Waals surface area contributed by atoms with Gasteiger partial charge < -0.3 is 4.98 Å². The molecule has 1 N–H and O–H groups in total. The summed E-state index contributed by atoms with van der Waals surface area (Å²) in [6.07, 6.45) is 1.72. The molecule has 1 heterocycles. The van der Waals surface area contributed by atoms with Gasteiger partial charge in [0.25, 0.3) is 0 Å². The molecule has 0 aliphatic heterocycles. The predicted octanol–water partition coefficient (Wildman–Crippen LogP) is 3.79. The third kappa shape index (κ3) is 1.94. The van der Waals surface area contributed by atoms with Gasteiger partial charge in [0.1, 0.15) is 0 Å². The highest BCUT2D eigenvalue weighted by molar-refractivity contribution is 9.10. The number of ketones is 1. The maximum atomic E-state index is 11.8. The van der Waals surface area contributed by atoms with Crippen molar-refractivity contribution in [3.05, 3.63) is 35.0 Å². The van der Waals surface area contributed by atoms with Crippen LogP contribution in [0.5, 0.6) is 0 Å². The van der Waals surface area contributed by atoms with Gasteiger partial charge in [0.15, 0.2) is 5.78 Å². The van der Waals surface area contributed by atoms with Crippen LogP contribution in [0, 0.1) is 0 Å². The monoisotopic (exact) mass is 285 g/mol. The molecule has 1 atom stereocenters. The molecule has 0 aliphatic carbocycles. The van der Waals surface area contributed by atoms with E-state index in [4.69, 9.17) is 11.6 Å². The first-order valence-electron chi connectivity index (χ1n) is 4.54. The number of benzene rings is 1. The zero-order chi connectivity index (χ0) is 11.0. The van der Waals surface area contributed by atoms with Crippen LogP contribution in [0.3, 0.4) is 0 Å². The van der Waals surface area contributed by atoms with E-state index in [-0.39, 0.29) is 10.6 Å². The lowest BCUT2D eigenvalue weighted by molar-refractivity contribution is 0.0997. The van der Waals surface area contributed by atoms with E-state index in [1.807, 2.05) is 13.0 Å². The van der Waals surface area contributed by atoms with Crippen LogP contribution >= 0.6 is 27.5 Å². The Bertz CT molecular complexity index is 518. The fourth-order valence-corrected chi connectivity index (χ4v) is 1.93. The Morgan fingerprint density at radius 2 is 2.27 bits per heavy atom. The van der Waals surface area contributed by atoms with Crippen LogP contribution in [0.2, 0.25) is 5.02 Å². The molecular weight excluding hydrogens is 277 g/mol. The predicted molar refractivity (Wildman–Crippen MR) is 66.0 cm³/mol. The number of hydrogen-bond acceptors (Lipinski definition) is 1. The van der Waals surface area contributed by atoms with Crippen molar-refractivity contribution in [3.63, 3.8) is 0 Å². The van der Waals surface area contributed by atoms with Gasteiger partial charge >= 0.3 is 0 Å². The molecule has 2 nitrogen and oxygen atoms in total. The second-order valence-electron chi connectivity index (χ2n) is 3.37. The number of rotatable bonds is 2. The maximum absolute atomic E-state index is 11.8. The molecule has 0 aliphatic rings. The molecule has 78 valence electrons. The zero-order valence-electron chi connectivity index (χ0n) is 8.05. The van der Waals surface area contributed by atoms with E-state index in [0.29, 0.717) is 10.6 Å². The van der Waals surface area contributed by atoms with Gasteiger partial charge in [-0.3, -0.25) is 4.79 Å². The average Bonchev–Trinajstić information content (AvgIpc) is 2.59. The van der Waals surface area contributed by atoms with E-state index in [1.54, 1.807) is 18.3 Å². The lowest BCUT2D eigenvalue weighted by Crippen LogP contribution is -2.08. The highest BCUT2D eigenvalue weighted by Gasteiger charge is 2.16. The number of H-pyrrole nitrogens is 1. The van der Waals surface area contributed by atoms with Crippen LogP contribution < -0.4 is 0 Å². The van der Waals surface area contributed by atoms with E-state index in [9.17, 15) is 4.79 Å². The van der Waals surface area contributed by atoms with Crippen LogP contribution in [-0.4, -0.2) is 15.6 Å². The molecule has 2 aromatic rings. The standard InChI is InChI=1S/C11H9BrClNO/c1-6(12)11(15)9-5-14-10-3-2-7(13)4-8(9)10/h2-6,14H,1H3/t6-/m1/s1. The smallest absolute Gasteiger partial charge is 0.178 e. The first-order valence-corrected chi connectivity index (χ1v) is 5.84. The summed E-state index contributed by atoms with van der Waals surface area (Å²) in [6, 6.07) is 5.47. The molecule has 0 radical (unpaired) electrons. The van der Waals surface area contributed by atoms with Gasteiger partial charge in [-0.15, -0.1) is 0 Å². The first kappa shape index (κ1) is 10.7. The van der Waals surface area contributed by atoms with Gasteiger partial charge in [0, 0.05) is 27.7 Å². The molecule has 0 bridgehead atoms. The average molecular weight is 287 g/mol. The fraction of sp³-hybridized carbons (Fsp3) is 0.182. The van der Waals surface area contributed by atoms with E-state index in [1.165, 1.54) is 0 Å². The Morgan fingerprint density at radius 3 is 2.93 bits per heavy atom. The number of nitrogens with one attached hydrogen (secondary N) is 1. The number of aromatic nitrogens is 1. The van der Waals surface area contributed by atoms with Gasteiger partial charge in [-0.1, -0.05) is 27.5 Å². The number of carbonyl (C=O) groups is 1. The number of hydrogen-bond donors (Lipinski definition) is 1. The molecule has 0 spiro atoms. The van der Waals surface area contributed by atoms with Crippen molar-refractivity contribution in [2.45, 2.75) is 11.8 Å². The highest BCUT2D eigenvalue weighted by Crippen LogP contribution is 2.24. The summed E-state index contributed by atoms with van der Waals surface area (Å²) in [5, 5.41) is 1.51. The Balaban J connectivity index is 2.62. The largest absolute Gasteiger partial charge is 0.360 e. The van der Waals surface area contributed by atoms with Gasteiger partial charge in [0.05, 0.1) is 4.83 Å². The number of halogens is 2. The summed E-state index contributed by atoms with van der Waals surface area (Å²) >= 11 is 9.16. The molecule has 4 heteroatoms. The molecule has 2 rings (SSSR count). The number of alkyl halides is 1. The van der Waals surface area contributed by atoms with E-state index in [0.717, 1.165) is 10.9 Å². The zero-order valence-corrected chi connectivity index (χ0v) is 10.4. The SMILES string of the molecule is C[C@@H](Br)C(=O)c1c[nH]c2ccc(Cl)cc12. The van der Waals surface area contributed by atoms with Gasteiger partial charge in [0.2, 0.25) is 0 Å². The molecule has 0 unspecified atom stereocenters. The molecule has 0 amide bonds. The maximum Gasteiger partial charge on any atom is 0.178 e. The van der Waals surface area contributed by atoms with Crippen molar-refractivity contribution in [2.75, 3.05) is 0 Å². The second kappa shape index (κ2) is 3.99. The first-order chi connectivity index (χ1) is 7.09. The van der Waals surface area contributed by atoms with Crippen LogP contribution in [0.15, 0.2) is 24.4 Å². The lowest BCUT2D eigenvalue weighted by Gasteiger charge is -2.00. The van der Waals surface area contributed by atoms with Crippen molar-refractivity contribution in [2.24, 2.45) is 0 Å². The van der Waals surface area contributed by atoms with Gasteiger partial charge in [-0.05, 0) is 25.1 Å². The lowest BCUT2D eigenvalue weighted by atomic mass is 10.1. The summed E-state index contributed by atoms with van der Waals surface area (Å²) in [5.41, 5.74) is 1.60. The summed E-state index contributed by atoms with van der Waals surface area (Å²) < 4.78 is 0. The molecule has 0 saturated heterocycles. The molecule has 1 aromatic heterocycles. The molecule has 0 saturated carbocycles. The fourth-order valence-electron chi connectivity index (χ4n) is 1.51. The molecule has 0 fully saturated rings. The van der Waals surface area contributed by atoms with Crippen molar-refractivity contribution in [3.8, 4) is 0 Å². The van der Waals surface area contributed by atoms with Crippen LogP contribution in [0.4, 0.5) is 0 Å². The van der Waals surface area contributed by atoms with E-state index < -0.39 is 0 Å². The Kier molecular flexibility index (Phi) is 2.85. The minimum Gasteiger partial charge on any atom is -0.360 e. The highest BCUT2D eigenvalue weighted by atomic mass is 79.9. The summed E-state index contributed by atoms with van der Waals surface area (Å²) in [4.78, 5) is 14.7. The summed E-state index contributed by atoms with van der Waals surface area (Å²) in [5.74, 6) is 0.0588. The van der Waals surface area contributed by atoms with Crippen molar-refractivity contribution >= 4 is 44.2 Å².